The van der Waals surface area contributed by atoms with E-state index in [-0.39, 0.29) is 11.4 Å². The van der Waals surface area contributed by atoms with Crippen LogP contribution in [0.15, 0.2) is 12.4 Å². The minimum atomic E-state index is 0.0842. The fraction of sp³-hybridized carbons (Fsp3) is 0.778. The van der Waals surface area contributed by atoms with Crippen LogP contribution in [0.2, 0.25) is 0 Å². The number of aromatic nitrogens is 2. The Hall–Kier alpha value is -1.44. The topological polar surface area (TPSA) is 53.8 Å². The molecular formula is C18H31N5O2. The molecule has 0 aromatic carbocycles. The lowest BCUT2D eigenvalue weighted by Crippen LogP contribution is -2.60. The fourth-order valence-electron chi connectivity index (χ4n) is 4.10. The van der Waals surface area contributed by atoms with Crippen molar-refractivity contribution >= 4 is 5.91 Å². The van der Waals surface area contributed by atoms with Crippen LogP contribution in [-0.4, -0.2) is 89.2 Å². The monoisotopic (exact) mass is 349 g/mol. The van der Waals surface area contributed by atoms with Crippen LogP contribution < -0.4 is 0 Å². The molecule has 1 aromatic heterocycles. The van der Waals surface area contributed by atoms with Crippen molar-refractivity contribution in [2.75, 3.05) is 53.5 Å². The van der Waals surface area contributed by atoms with Gasteiger partial charge in [0.2, 0.25) is 5.91 Å². The van der Waals surface area contributed by atoms with Crippen molar-refractivity contribution in [3.05, 3.63) is 18.2 Å². The van der Waals surface area contributed by atoms with Gasteiger partial charge < -0.3 is 14.2 Å². The van der Waals surface area contributed by atoms with E-state index in [1.54, 1.807) is 7.11 Å². The van der Waals surface area contributed by atoms with Gasteiger partial charge in [-0.1, -0.05) is 0 Å². The smallest absolute Gasteiger partial charge is 0.222 e. The Morgan fingerprint density at radius 3 is 2.80 bits per heavy atom. The van der Waals surface area contributed by atoms with Crippen LogP contribution in [0.1, 0.15) is 25.1 Å². The molecule has 0 bridgehead atoms. The molecule has 0 N–H and O–H groups in total. The molecule has 1 atom stereocenters. The van der Waals surface area contributed by atoms with Gasteiger partial charge in [-0.15, -0.1) is 0 Å². The highest BCUT2D eigenvalue weighted by atomic mass is 16.5. The number of carbonyl (C=O) groups excluding carboxylic acids is 1. The highest BCUT2D eigenvalue weighted by Gasteiger charge is 2.42. The highest BCUT2D eigenvalue weighted by molar-refractivity contribution is 5.76. The Morgan fingerprint density at radius 1 is 1.24 bits per heavy atom. The summed E-state index contributed by atoms with van der Waals surface area (Å²) < 4.78 is 7.25. The van der Waals surface area contributed by atoms with E-state index < -0.39 is 0 Å². The molecule has 0 saturated carbocycles. The summed E-state index contributed by atoms with van der Waals surface area (Å²) in [6.45, 7) is 6.10. The zero-order valence-electron chi connectivity index (χ0n) is 15.8. The molecule has 140 valence electrons. The zero-order valence-corrected chi connectivity index (χ0v) is 15.8. The molecule has 7 nitrogen and oxygen atoms in total. The maximum absolute atomic E-state index is 12.5. The molecule has 3 heterocycles. The molecule has 1 amide bonds. The Balaban J connectivity index is 1.68. The number of imidazole rings is 1. The van der Waals surface area contributed by atoms with Gasteiger partial charge in [0.25, 0.3) is 0 Å². The number of hydrogen-bond acceptors (Lipinski definition) is 5. The van der Waals surface area contributed by atoms with Crippen LogP contribution in [0.25, 0.3) is 0 Å². The molecular weight excluding hydrogens is 318 g/mol. The van der Waals surface area contributed by atoms with Gasteiger partial charge in [-0.3, -0.25) is 14.6 Å². The second kappa shape index (κ2) is 7.85. The van der Waals surface area contributed by atoms with Crippen LogP contribution in [0.5, 0.6) is 0 Å². The largest absolute Gasteiger partial charge is 0.383 e. The molecule has 2 aliphatic rings. The van der Waals surface area contributed by atoms with Gasteiger partial charge in [0, 0.05) is 71.2 Å². The maximum atomic E-state index is 12.5. The number of ether oxygens (including phenoxy) is 1. The number of methoxy groups -OCH3 is 1. The van der Waals surface area contributed by atoms with E-state index in [4.69, 9.17) is 4.74 Å². The number of amides is 1. The molecule has 2 aliphatic heterocycles. The molecule has 3 rings (SSSR count). The standard InChI is InChI=1S/C18H31N5O2/c1-20-9-7-19-16(20)14-22-11-10-21(2)18(15-22)5-4-17(24)23(8-6-18)12-13-25-3/h7,9H,4-6,8,10-15H2,1-3H3. The summed E-state index contributed by atoms with van der Waals surface area (Å²) in [5.74, 6) is 1.37. The van der Waals surface area contributed by atoms with Crippen LogP contribution in [0, 0.1) is 0 Å². The number of nitrogens with zero attached hydrogens (tertiary/aromatic N) is 5. The van der Waals surface area contributed by atoms with Crippen LogP contribution in [0.3, 0.4) is 0 Å². The van der Waals surface area contributed by atoms with E-state index in [0.717, 1.165) is 51.4 Å². The summed E-state index contributed by atoms with van der Waals surface area (Å²) in [6, 6.07) is 0. The van der Waals surface area contributed by atoms with Crippen molar-refractivity contribution in [1.29, 1.82) is 0 Å². The van der Waals surface area contributed by atoms with E-state index in [1.807, 2.05) is 24.3 Å². The predicted molar refractivity (Wildman–Crippen MR) is 96.2 cm³/mol. The maximum Gasteiger partial charge on any atom is 0.222 e. The zero-order chi connectivity index (χ0) is 17.9. The summed E-state index contributed by atoms with van der Waals surface area (Å²) in [7, 11) is 5.95. The Labute approximate surface area is 150 Å². The predicted octanol–water partition coefficient (Wildman–Crippen LogP) is 0.565. The van der Waals surface area contributed by atoms with Gasteiger partial charge in [-0.05, 0) is 19.9 Å². The first-order valence-corrected chi connectivity index (χ1v) is 9.20. The SMILES string of the molecule is COCCN1CCC2(CCC1=O)CN(Cc1nccn1C)CCN2C. The molecule has 25 heavy (non-hydrogen) atoms. The molecule has 2 fully saturated rings. The number of likely N-dealkylation sites (tertiary alicyclic amines) is 1. The number of rotatable bonds is 5. The molecule has 7 heteroatoms. The number of piperazine rings is 1. The van der Waals surface area contributed by atoms with Crippen LogP contribution in [0.4, 0.5) is 0 Å². The minimum absolute atomic E-state index is 0.0842. The van der Waals surface area contributed by atoms with E-state index >= 15 is 0 Å². The molecule has 2 saturated heterocycles. The Morgan fingerprint density at radius 2 is 2.08 bits per heavy atom. The van der Waals surface area contributed by atoms with Crippen molar-refractivity contribution in [2.24, 2.45) is 7.05 Å². The van der Waals surface area contributed by atoms with E-state index in [0.29, 0.717) is 19.6 Å². The van der Waals surface area contributed by atoms with Gasteiger partial charge in [-0.25, -0.2) is 4.98 Å². The summed E-state index contributed by atoms with van der Waals surface area (Å²) >= 11 is 0. The second-order valence-electron chi connectivity index (χ2n) is 7.43. The molecule has 1 spiro atoms. The van der Waals surface area contributed by atoms with Crippen LogP contribution in [-0.2, 0) is 23.1 Å². The summed E-state index contributed by atoms with van der Waals surface area (Å²) in [4.78, 5) is 23.9. The van der Waals surface area contributed by atoms with Gasteiger partial charge in [0.15, 0.2) is 0 Å². The van der Waals surface area contributed by atoms with Crippen molar-refractivity contribution in [2.45, 2.75) is 31.3 Å². The van der Waals surface area contributed by atoms with E-state index in [9.17, 15) is 4.79 Å². The minimum Gasteiger partial charge on any atom is -0.383 e. The van der Waals surface area contributed by atoms with E-state index in [1.165, 1.54) is 0 Å². The summed E-state index contributed by atoms with van der Waals surface area (Å²) in [5.41, 5.74) is 0.0842. The lowest BCUT2D eigenvalue weighted by atomic mass is 9.86. The van der Waals surface area contributed by atoms with Crippen molar-refractivity contribution in [3.63, 3.8) is 0 Å². The average Bonchev–Trinajstić information content (AvgIpc) is 2.93. The lowest BCUT2D eigenvalue weighted by molar-refractivity contribution is -0.131. The van der Waals surface area contributed by atoms with Crippen molar-refractivity contribution in [1.82, 2.24) is 24.3 Å². The highest BCUT2D eigenvalue weighted by Crippen LogP contribution is 2.32. The normalized spacial score (nSPS) is 26.4. The Bertz CT molecular complexity index is 590. The van der Waals surface area contributed by atoms with Gasteiger partial charge in [0.1, 0.15) is 5.82 Å². The number of aryl methyl sites for hydroxylation is 1. The Kier molecular flexibility index (Phi) is 5.76. The number of hydrogen-bond donors (Lipinski definition) is 0. The summed E-state index contributed by atoms with van der Waals surface area (Å²) in [5, 5.41) is 0. The first-order chi connectivity index (χ1) is 12.0. The second-order valence-corrected chi connectivity index (χ2v) is 7.43. The van der Waals surface area contributed by atoms with E-state index in [2.05, 4.69) is 26.4 Å². The lowest BCUT2D eigenvalue weighted by Gasteiger charge is -2.49. The van der Waals surface area contributed by atoms with Crippen molar-refractivity contribution in [3.8, 4) is 0 Å². The third kappa shape index (κ3) is 4.04. The molecule has 0 radical (unpaired) electrons. The van der Waals surface area contributed by atoms with Gasteiger partial charge in [0.05, 0.1) is 13.2 Å². The fourth-order valence-corrected chi connectivity index (χ4v) is 4.10. The summed E-state index contributed by atoms with van der Waals surface area (Å²) in [6.07, 6.45) is 6.45. The first kappa shape index (κ1) is 18.4. The van der Waals surface area contributed by atoms with Crippen LogP contribution >= 0.6 is 0 Å². The molecule has 1 aromatic rings. The van der Waals surface area contributed by atoms with Crippen molar-refractivity contribution < 1.29 is 9.53 Å². The molecule has 0 aliphatic carbocycles. The third-order valence-corrected chi connectivity index (χ3v) is 5.93. The first-order valence-electron chi connectivity index (χ1n) is 9.20. The quantitative estimate of drug-likeness (QED) is 0.778. The number of carbonyl (C=O) groups is 1. The molecule has 1 unspecified atom stereocenters. The number of likely N-dealkylation sites (N-methyl/N-ethyl adjacent to an activating group) is 1. The average molecular weight is 349 g/mol. The van der Waals surface area contributed by atoms with Gasteiger partial charge in [-0.2, -0.15) is 0 Å². The van der Waals surface area contributed by atoms with Gasteiger partial charge >= 0.3 is 0 Å². The third-order valence-electron chi connectivity index (χ3n) is 5.93.